The molecule has 1 aliphatic carbocycles. The van der Waals surface area contributed by atoms with Crippen molar-refractivity contribution in [3.63, 3.8) is 0 Å². The van der Waals surface area contributed by atoms with Crippen LogP contribution in [0, 0.1) is 0 Å². The molecule has 0 aromatic carbocycles. The Labute approximate surface area is 98.4 Å². The van der Waals surface area contributed by atoms with Crippen molar-refractivity contribution in [3.05, 3.63) is 12.2 Å². The molecular formula is C10H16INO2. The first-order valence-corrected chi connectivity index (χ1v) is 6.12. The topological polar surface area (TPSA) is 38.3 Å². The Morgan fingerprint density at radius 2 is 2.07 bits per heavy atom. The molecule has 4 heteroatoms. The number of nitrogens with one attached hydrogen (secondary N) is 1. The summed E-state index contributed by atoms with van der Waals surface area (Å²) in [5, 5.41) is 2.88. The average Bonchev–Trinajstić information content (AvgIpc) is 2.17. The van der Waals surface area contributed by atoms with Gasteiger partial charge in [-0.25, -0.2) is 4.79 Å². The standard InChI is InChI=1S/C10H16INO2/c1-14-10(13)12-9-7-5-3-2-4-6-8(9)11/h2-3,8-9H,4-7H2,1H3,(H,12,13)/t8-,9-/m0/s1. The van der Waals surface area contributed by atoms with Crippen LogP contribution in [0.2, 0.25) is 0 Å². The maximum Gasteiger partial charge on any atom is 0.407 e. The van der Waals surface area contributed by atoms with Crippen molar-refractivity contribution in [2.75, 3.05) is 7.11 Å². The summed E-state index contributed by atoms with van der Waals surface area (Å²) in [5.74, 6) is 0. The number of halogens is 1. The normalized spacial score (nSPS) is 27.6. The predicted octanol–water partition coefficient (Wildman–Crippen LogP) is 2.64. The van der Waals surface area contributed by atoms with Gasteiger partial charge in [0.1, 0.15) is 0 Å². The van der Waals surface area contributed by atoms with Crippen molar-refractivity contribution >= 4 is 28.7 Å². The number of amides is 1. The Kier molecular flexibility index (Phi) is 5.29. The van der Waals surface area contributed by atoms with Crippen LogP contribution in [-0.4, -0.2) is 23.2 Å². The molecule has 0 heterocycles. The van der Waals surface area contributed by atoms with Crippen LogP contribution in [0.5, 0.6) is 0 Å². The van der Waals surface area contributed by atoms with Gasteiger partial charge < -0.3 is 10.1 Å². The molecule has 2 atom stereocenters. The molecule has 1 amide bonds. The summed E-state index contributed by atoms with van der Waals surface area (Å²) in [6.45, 7) is 0. The van der Waals surface area contributed by atoms with E-state index in [0.717, 1.165) is 25.7 Å². The SMILES string of the molecule is COC(=O)N[C@H]1CCC=CCC[C@@H]1I. The summed E-state index contributed by atoms with van der Waals surface area (Å²) in [4.78, 5) is 11.1. The van der Waals surface area contributed by atoms with Crippen LogP contribution in [-0.2, 0) is 4.74 Å². The van der Waals surface area contributed by atoms with E-state index in [9.17, 15) is 4.79 Å². The van der Waals surface area contributed by atoms with Crippen molar-refractivity contribution in [1.82, 2.24) is 5.32 Å². The van der Waals surface area contributed by atoms with Crippen LogP contribution in [0.3, 0.4) is 0 Å². The van der Waals surface area contributed by atoms with Gasteiger partial charge in [0.25, 0.3) is 0 Å². The maximum atomic E-state index is 11.1. The van der Waals surface area contributed by atoms with Crippen molar-refractivity contribution in [2.24, 2.45) is 0 Å². The number of alkyl halides is 1. The van der Waals surface area contributed by atoms with E-state index in [1.165, 1.54) is 7.11 Å². The zero-order chi connectivity index (χ0) is 10.4. The fourth-order valence-corrected chi connectivity index (χ4v) is 2.42. The first kappa shape index (κ1) is 11.8. The van der Waals surface area contributed by atoms with Crippen LogP contribution in [0.15, 0.2) is 12.2 Å². The quantitative estimate of drug-likeness (QED) is 0.459. The summed E-state index contributed by atoms with van der Waals surface area (Å²) in [6, 6.07) is 0.244. The van der Waals surface area contributed by atoms with E-state index in [1.54, 1.807) is 0 Å². The van der Waals surface area contributed by atoms with Crippen molar-refractivity contribution in [3.8, 4) is 0 Å². The highest BCUT2D eigenvalue weighted by Gasteiger charge is 2.20. The number of methoxy groups -OCH3 is 1. The van der Waals surface area contributed by atoms with E-state index in [-0.39, 0.29) is 12.1 Å². The average molecular weight is 309 g/mol. The van der Waals surface area contributed by atoms with Gasteiger partial charge in [0.15, 0.2) is 0 Å². The number of carbonyl (C=O) groups is 1. The lowest BCUT2D eigenvalue weighted by Crippen LogP contribution is -2.41. The summed E-state index contributed by atoms with van der Waals surface area (Å²) >= 11 is 2.41. The molecule has 0 fully saturated rings. The number of carbonyl (C=O) groups excluding carboxylic acids is 1. The first-order chi connectivity index (χ1) is 6.74. The Morgan fingerprint density at radius 1 is 1.43 bits per heavy atom. The highest BCUT2D eigenvalue weighted by atomic mass is 127. The Morgan fingerprint density at radius 3 is 2.71 bits per heavy atom. The van der Waals surface area contributed by atoms with Crippen molar-refractivity contribution in [1.29, 1.82) is 0 Å². The van der Waals surface area contributed by atoms with E-state index in [2.05, 4.69) is 44.8 Å². The molecule has 0 aromatic rings. The summed E-state index contributed by atoms with van der Waals surface area (Å²) < 4.78 is 5.10. The zero-order valence-corrected chi connectivity index (χ0v) is 10.5. The smallest absolute Gasteiger partial charge is 0.407 e. The van der Waals surface area contributed by atoms with Gasteiger partial charge in [-0.1, -0.05) is 34.7 Å². The fourth-order valence-electron chi connectivity index (χ4n) is 1.52. The first-order valence-electron chi connectivity index (χ1n) is 4.87. The monoisotopic (exact) mass is 309 g/mol. The molecular weight excluding hydrogens is 293 g/mol. The lowest BCUT2D eigenvalue weighted by molar-refractivity contribution is 0.165. The van der Waals surface area contributed by atoms with Gasteiger partial charge in [-0.15, -0.1) is 0 Å². The van der Waals surface area contributed by atoms with Gasteiger partial charge in [0, 0.05) is 9.97 Å². The molecule has 0 bridgehead atoms. The van der Waals surface area contributed by atoms with Crippen molar-refractivity contribution < 1.29 is 9.53 Å². The zero-order valence-electron chi connectivity index (χ0n) is 8.33. The maximum absolute atomic E-state index is 11.1. The van der Waals surface area contributed by atoms with E-state index in [0.29, 0.717) is 3.92 Å². The molecule has 0 saturated carbocycles. The number of ether oxygens (including phenoxy) is 1. The number of allylic oxidation sites excluding steroid dienone is 2. The molecule has 0 spiro atoms. The minimum absolute atomic E-state index is 0.244. The van der Waals surface area contributed by atoms with E-state index in [4.69, 9.17) is 0 Å². The van der Waals surface area contributed by atoms with Crippen LogP contribution >= 0.6 is 22.6 Å². The van der Waals surface area contributed by atoms with E-state index in [1.807, 2.05) is 0 Å². The predicted molar refractivity (Wildman–Crippen MR) is 64.7 cm³/mol. The minimum atomic E-state index is -0.318. The van der Waals surface area contributed by atoms with Gasteiger partial charge in [-0.3, -0.25) is 0 Å². The van der Waals surface area contributed by atoms with E-state index < -0.39 is 0 Å². The molecule has 0 aliphatic heterocycles. The summed E-state index contributed by atoms with van der Waals surface area (Å²) in [6.07, 6.45) is 8.35. The molecule has 0 aromatic heterocycles. The third kappa shape index (κ3) is 3.86. The second-order valence-electron chi connectivity index (χ2n) is 3.38. The largest absolute Gasteiger partial charge is 0.453 e. The highest BCUT2D eigenvalue weighted by molar-refractivity contribution is 14.1. The second-order valence-corrected chi connectivity index (χ2v) is 4.98. The molecule has 0 radical (unpaired) electrons. The summed E-state index contributed by atoms with van der Waals surface area (Å²) in [5.41, 5.74) is 0. The van der Waals surface area contributed by atoms with E-state index >= 15 is 0 Å². The molecule has 0 saturated heterocycles. The Bertz CT molecular complexity index is 218. The van der Waals surface area contributed by atoms with Gasteiger partial charge in [-0.05, 0) is 25.7 Å². The molecule has 3 nitrogen and oxygen atoms in total. The molecule has 0 unspecified atom stereocenters. The lowest BCUT2D eigenvalue weighted by Gasteiger charge is -2.23. The van der Waals surface area contributed by atoms with Crippen LogP contribution in [0.25, 0.3) is 0 Å². The number of hydrogen-bond acceptors (Lipinski definition) is 2. The molecule has 80 valence electrons. The fraction of sp³-hybridized carbons (Fsp3) is 0.700. The lowest BCUT2D eigenvalue weighted by atomic mass is 10.0. The number of rotatable bonds is 1. The summed E-state index contributed by atoms with van der Waals surface area (Å²) in [7, 11) is 1.40. The molecule has 1 aliphatic rings. The van der Waals surface area contributed by atoms with Gasteiger partial charge >= 0.3 is 6.09 Å². The Balaban J connectivity index is 2.47. The van der Waals surface area contributed by atoms with Crippen LogP contribution in [0.1, 0.15) is 25.7 Å². The highest BCUT2D eigenvalue weighted by Crippen LogP contribution is 2.20. The van der Waals surface area contributed by atoms with Gasteiger partial charge in [0.2, 0.25) is 0 Å². The van der Waals surface area contributed by atoms with Gasteiger partial charge in [-0.2, -0.15) is 0 Å². The van der Waals surface area contributed by atoms with Crippen molar-refractivity contribution in [2.45, 2.75) is 35.6 Å². The molecule has 1 rings (SSSR count). The van der Waals surface area contributed by atoms with Gasteiger partial charge in [0.05, 0.1) is 7.11 Å². The Hall–Kier alpha value is -0.260. The van der Waals surface area contributed by atoms with Crippen LogP contribution in [0.4, 0.5) is 4.79 Å². The number of alkyl carbamates (subject to hydrolysis) is 1. The minimum Gasteiger partial charge on any atom is -0.453 e. The third-order valence-corrected chi connectivity index (χ3v) is 3.84. The molecule has 1 N–H and O–H groups in total. The molecule has 14 heavy (non-hydrogen) atoms. The third-order valence-electron chi connectivity index (χ3n) is 2.35. The number of hydrogen-bond donors (Lipinski definition) is 1. The second kappa shape index (κ2) is 6.27. The van der Waals surface area contributed by atoms with Crippen LogP contribution < -0.4 is 5.32 Å².